The number of benzene rings is 1. The quantitative estimate of drug-likeness (QED) is 0.181. The first-order chi connectivity index (χ1) is 14.7. The average Bonchev–Trinajstić information content (AvgIpc) is 2.76. The molecule has 0 atom stereocenters. The van der Waals surface area contributed by atoms with Gasteiger partial charge in [-0.15, -0.1) is 0 Å². The zero-order valence-corrected chi connectivity index (χ0v) is 21.4. The molecule has 0 unspecified atom stereocenters. The predicted molar refractivity (Wildman–Crippen MR) is 135 cm³/mol. The summed E-state index contributed by atoms with van der Waals surface area (Å²) in [5.41, 5.74) is 0.817. The Labute approximate surface area is 195 Å². The van der Waals surface area contributed by atoms with Gasteiger partial charge in [-0.05, 0) is 37.1 Å². The fourth-order valence-electron chi connectivity index (χ4n) is 3.96. The van der Waals surface area contributed by atoms with E-state index in [2.05, 4.69) is 34.7 Å². The van der Waals surface area contributed by atoms with Crippen LogP contribution in [0, 0.1) is 0 Å². The Kier molecular flexibility index (Phi) is 17.1. The average molecular weight is 481 g/mol. The number of nitrogens with zero attached hydrogens (tertiary/aromatic N) is 1. The lowest BCUT2D eigenvalue weighted by atomic mass is 10.1. The number of carbonyl (C=O) groups excluding carboxylic acids is 1. The summed E-state index contributed by atoms with van der Waals surface area (Å²) in [4.78, 5) is 15.2. The third-order valence-electron chi connectivity index (χ3n) is 5.94. The third-order valence-corrected chi connectivity index (χ3v) is 6.47. The number of hydrogen-bond donors (Lipinski definition) is 0. The van der Waals surface area contributed by atoms with Crippen LogP contribution in [0.3, 0.4) is 0 Å². The summed E-state index contributed by atoms with van der Waals surface area (Å²) in [6, 6.07) is 7.83. The highest BCUT2D eigenvalue weighted by molar-refractivity contribution is 9.10. The Hall–Kier alpha value is -0.830. The van der Waals surface area contributed by atoms with Crippen molar-refractivity contribution in [3.05, 3.63) is 34.3 Å². The van der Waals surface area contributed by atoms with Crippen molar-refractivity contribution in [1.82, 2.24) is 4.90 Å². The third kappa shape index (κ3) is 13.5. The zero-order valence-electron chi connectivity index (χ0n) is 19.8. The van der Waals surface area contributed by atoms with Crippen LogP contribution in [0.5, 0.6) is 0 Å². The van der Waals surface area contributed by atoms with Gasteiger partial charge in [0.15, 0.2) is 0 Å². The number of hydrogen-bond acceptors (Lipinski definition) is 1. The van der Waals surface area contributed by atoms with Crippen LogP contribution in [0.15, 0.2) is 28.7 Å². The van der Waals surface area contributed by atoms with E-state index in [4.69, 9.17) is 0 Å². The van der Waals surface area contributed by atoms with Crippen molar-refractivity contribution in [2.24, 2.45) is 0 Å². The maximum Gasteiger partial charge on any atom is 0.253 e. The molecule has 1 aromatic rings. The summed E-state index contributed by atoms with van der Waals surface area (Å²) in [7, 11) is 0. The molecular formula is C27H46BrNO. The van der Waals surface area contributed by atoms with E-state index in [1.54, 1.807) is 0 Å². The van der Waals surface area contributed by atoms with E-state index in [9.17, 15) is 4.79 Å². The van der Waals surface area contributed by atoms with Crippen LogP contribution >= 0.6 is 15.9 Å². The molecule has 1 rings (SSSR count). The zero-order chi connectivity index (χ0) is 21.9. The number of halogens is 1. The first-order valence-electron chi connectivity index (χ1n) is 12.7. The minimum absolute atomic E-state index is 0.202. The minimum Gasteiger partial charge on any atom is -0.339 e. The molecule has 0 aliphatic rings. The first-order valence-corrected chi connectivity index (χ1v) is 13.5. The molecule has 2 nitrogen and oxygen atoms in total. The molecule has 0 heterocycles. The number of carbonyl (C=O) groups is 1. The van der Waals surface area contributed by atoms with E-state index in [1.807, 2.05) is 24.3 Å². The molecule has 0 saturated carbocycles. The largest absolute Gasteiger partial charge is 0.339 e. The maximum atomic E-state index is 13.0. The SMILES string of the molecule is CCCCCCCCCCN(CCCCCCCCCC)C(=O)c1ccc(Br)cc1. The molecule has 0 aliphatic heterocycles. The number of amides is 1. The smallest absolute Gasteiger partial charge is 0.253 e. The molecule has 0 radical (unpaired) electrons. The van der Waals surface area contributed by atoms with E-state index in [1.165, 1.54) is 89.9 Å². The highest BCUT2D eigenvalue weighted by Crippen LogP contribution is 2.15. The van der Waals surface area contributed by atoms with Crippen molar-refractivity contribution in [2.75, 3.05) is 13.1 Å². The topological polar surface area (TPSA) is 20.3 Å². The van der Waals surface area contributed by atoms with Gasteiger partial charge in [-0.3, -0.25) is 4.79 Å². The molecule has 0 spiro atoms. The van der Waals surface area contributed by atoms with Crippen molar-refractivity contribution in [2.45, 2.75) is 117 Å². The molecular weight excluding hydrogens is 434 g/mol. The van der Waals surface area contributed by atoms with Crippen molar-refractivity contribution >= 4 is 21.8 Å². The van der Waals surface area contributed by atoms with Gasteiger partial charge < -0.3 is 4.90 Å². The van der Waals surface area contributed by atoms with Crippen molar-refractivity contribution in [3.8, 4) is 0 Å². The molecule has 0 saturated heterocycles. The van der Waals surface area contributed by atoms with Gasteiger partial charge in [-0.2, -0.15) is 0 Å². The molecule has 1 aromatic carbocycles. The van der Waals surface area contributed by atoms with E-state index < -0.39 is 0 Å². The second-order valence-electron chi connectivity index (χ2n) is 8.75. The lowest BCUT2D eigenvalue weighted by Gasteiger charge is -2.23. The molecule has 3 heteroatoms. The van der Waals surface area contributed by atoms with E-state index in [0.29, 0.717) is 0 Å². The van der Waals surface area contributed by atoms with Gasteiger partial charge in [0.1, 0.15) is 0 Å². The molecule has 0 N–H and O–H groups in total. The van der Waals surface area contributed by atoms with Crippen LogP contribution in [0.1, 0.15) is 127 Å². The molecule has 0 fully saturated rings. The Morgan fingerprint density at radius 3 is 1.40 bits per heavy atom. The first kappa shape index (κ1) is 27.2. The number of rotatable bonds is 19. The summed E-state index contributed by atoms with van der Waals surface area (Å²) in [5, 5.41) is 0. The predicted octanol–water partition coefficient (Wildman–Crippen LogP) is 9.17. The van der Waals surface area contributed by atoms with Crippen LogP contribution < -0.4 is 0 Å². The van der Waals surface area contributed by atoms with Crippen LogP contribution in [-0.2, 0) is 0 Å². The fraction of sp³-hybridized carbons (Fsp3) is 0.741. The summed E-state index contributed by atoms with van der Waals surface area (Å²) < 4.78 is 1.02. The second kappa shape index (κ2) is 18.9. The van der Waals surface area contributed by atoms with E-state index in [-0.39, 0.29) is 5.91 Å². The van der Waals surface area contributed by atoms with Gasteiger partial charge in [-0.25, -0.2) is 0 Å². The van der Waals surface area contributed by atoms with Crippen LogP contribution in [0.25, 0.3) is 0 Å². The summed E-state index contributed by atoms with van der Waals surface area (Å²) in [5.74, 6) is 0.202. The van der Waals surface area contributed by atoms with Crippen molar-refractivity contribution in [3.63, 3.8) is 0 Å². The highest BCUT2D eigenvalue weighted by atomic mass is 79.9. The standard InChI is InChI=1S/C27H46BrNO/c1-3-5-7-9-11-13-15-17-23-29(24-18-16-14-12-10-8-6-4-2)27(30)25-19-21-26(28)22-20-25/h19-22H,3-18,23-24H2,1-2H3. The lowest BCUT2D eigenvalue weighted by molar-refractivity contribution is 0.0749. The minimum atomic E-state index is 0.202. The summed E-state index contributed by atoms with van der Waals surface area (Å²) in [6.45, 7) is 6.34. The Balaban J connectivity index is 2.35. The van der Waals surface area contributed by atoms with Crippen molar-refractivity contribution in [1.29, 1.82) is 0 Å². The molecule has 0 bridgehead atoms. The Bertz CT molecular complexity index is 508. The van der Waals surface area contributed by atoms with E-state index in [0.717, 1.165) is 36.0 Å². The van der Waals surface area contributed by atoms with E-state index >= 15 is 0 Å². The van der Waals surface area contributed by atoms with Crippen LogP contribution in [-0.4, -0.2) is 23.9 Å². The lowest BCUT2D eigenvalue weighted by Crippen LogP contribution is -2.33. The normalized spacial score (nSPS) is 11.0. The second-order valence-corrected chi connectivity index (χ2v) is 9.66. The van der Waals surface area contributed by atoms with Crippen LogP contribution in [0.4, 0.5) is 0 Å². The Morgan fingerprint density at radius 1 is 0.633 bits per heavy atom. The highest BCUT2D eigenvalue weighted by Gasteiger charge is 2.15. The Morgan fingerprint density at radius 2 is 1.00 bits per heavy atom. The number of unbranched alkanes of at least 4 members (excludes halogenated alkanes) is 14. The van der Waals surface area contributed by atoms with Gasteiger partial charge >= 0.3 is 0 Å². The monoisotopic (exact) mass is 479 g/mol. The van der Waals surface area contributed by atoms with Crippen molar-refractivity contribution < 1.29 is 4.79 Å². The van der Waals surface area contributed by atoms with Gasteiger partial charge in [0, 0.05) is 23.1 Å². The van der Waals surface area contributed by atoms with Crippen LogP contribution in [0.2, 0.25) is 0 Å². The molecule has 1 amide bonds. The van der Waals surface area contributed by atoms with Gasteiger partial charge in [0.05, 0.1) is 0 Å². The molecule has 0 aliphatic carbocycles. The molecule has 30 heavy (non-hydrogen) atoms. The molecule has 172 valence electrons. The van der Waals surface area contributed by atoms with Gasteiger partial charge in [-0.1, -0.05) is 120 Å². The van der Waals surface area contributed by atoms with Gasteiger partial charge in [0.25, 0.3) is 5.91 Å². The molecule has 0 aromatic heterocycles. The van der Waals surface area contributed by atoms with Gasteiger partial charge in [0.2, 0.25) is 0 Å². The maximum absolute atomic E-state index is 13.0. The summed E-state index contributed by atoms with van der Waals surface area (Å²) in [6.07, 6.45) is 20.9. The summed E-state index contributed by atoms with van der Waals surface area (Å²) >= 11 is 3.47. The fourth-order valence-corrected chi connectivity index (χ4v) is 4.23.